The SMILES string of the molecule is O=C(c1ncn[nH]1)N1CC[C@@]2(COCCN2C(=O)c2ccn3ccnc3c2)C1. The van der Waals surface area contributed by atoms with E-state index < -0.39 is 5.54 Å². The molecule has 1 spiro atoms. The number of pyridine rings is 1. The van der Waals surface area contributed by atoms with Crippen LogP contribution in [0.3, 0.4) is 0 Å². The van der Waals surface area contributed by atoms with Crippen LogP contribution < -0.4 is 0 Å². The van der Waals surface area contributed by atoms with E-state index in [1.54, 1.807) is 23.2 Å². The monoisotopic (exact) mass is 381 g/mol. The van der Waals surface area contributed by atoms with Crippen LogP contribution in [0.25, 0.3) is 5.65 Å². The number of imidazole rings is 1. The van der Waals surface area contributed by atoms with Crippen molar-refractivity contribution in [1.29, 1.82) is 0 Å². The smallest absolute Gasteiger partial charge is 0.291 e. The number of aromatic amines is 1. The Kier molecular flexibility index (Phi) is 3.86. The highest BCUT2D eigenvalue weighted by atomic mass is 16.5. The Balaban J connectivity index is 1.41. The number of hydrogen-bond donors (Lipinski definition) is 1. The Labute approximate surface area is 160 Å². The molecule has 0 bridgehead atoms. The molecule has 2 aliphatic rings. The first kappa shape index (κ1) is 16.9. The molecule has 0 saturated carbocycles. The van der Waals surface area contributed by atoms with Crippen molar-refractivity contribution in [2.24, 2.45) is 0 Å². The van der Waals surface area contributed by atoms with Crippen molar-refractivity contribution < 1.29 is 14.3 Å². The summed E-state index contributed by atoms with van der Waals surface area (Å²) in [5.41, 5.74) is 0.772. The first-order valence-corrected chi connectivity index (χ1v) is 9.13. The van der Waals surface area contributed by atoms with Crippen LogP contribution in [0.15, 0.2) is 37.1 Å². The second kappa shape index (κ2) is 6.41. The zero-order valence-corrected chi connectivity index (χ0v) is 15.1. The Morgan fingerprint density at radius 1 is 1.18 bits per heavy atom. The molecule has 144 valence electrons. The molecule has 2 aliphatic heterocycles. The molecular formula is C18H19N7O3. The van der Waals surface area contributed by atoms with E-state index in [0.717, 1.165) is 5.65 Å². The Hall–Kier alpha value is -3.27. The fraction of sp³-hybridized carbons (Fsp3) is 0.389. The molecule has 5 heterocycles. The Morgan fingerprint density at radius 2 is 2.11 bits per heavy atom. The fourth-order valence-corrected chi connectivity index (χ4v) is 4.08. The maximum absolute atomic E-state index is 13.3. The quantitative estimate of drug-likeness (QED) is 0.680. The standard InChI is InChI=1S/C18H19N7O3/c26-16(13-1-4-23-6-3-19-14(23)9-13)25-7-8-28-11-18(25)2-5-24(10-18)17(27)15-20-12-21-22-15/h1,3-4,6,9,12H,2,5,7-8,10-11H2,(H,20,21,22)/t18-/m0/s1. The van der Waals surface area contributed by atoms with E-state index in [4.69, 9.17) is 4.74 Å². The van der Waals surface area contributed by atoms with Crippen molar-refractivity contribution in [1.82, 2.24) is 34.4 Å². The summed E-state index contributed by atoms with van der Waals surface area (Å²) in [6.07, 6.45) is 7.33. The third-order valence-electron chi connectivity index (χ3n) is 5.53. The van der Waals surface area contributed by atoms with Crippen LogP contribution in [-0.4, -0.2) is 84.6 Å². The van der Waals surface area contributed by atoms with Gasteiger partial charge in [-0.05, 0) is 18.6 Å². The Morgan fingerprint density at radius 3 is 2.96 bits per heavy atom. The van der Waals surface area contributed by atoms with Crippen molar-refractivity contribution >= 4 is 17.5 Å². The summed E-state index contributed by atoms with van der Waals surface area (Å²) in [5, 5.41) is 6.35. The van der Waals surface area contributed by atoms with Crippen LogP contribution >= 0.6 is 0 Å². The van der Waals surface area contributed by atoms with Crippen molar-refractivity contribution in [3.05, 3.63) is 48.4 Å². The van der Waals surface area contributed by atoms with E-state index in [1.165, 1.54) is 6.33 Å². The van der Waals surface area contributed by atoms with Crippen LogP contribution in [0.5, 0.6) is 0 Å². The lowest BCUT2D eigenvalue weighted by Crippen LogP contribution is -2.60. The third kappa shape index (κ3) is 2.64. The molecule has 2 amide bonds. The van der Waals surface area contributed by atoms with Crippen molar-refractivity contribution in [2.45, 2.75) is 12.0 Å². The van der Waals surface area contributed by atoms with Crippen LogP contribution in [0, 0.1) is 0 Å². The van der Waals surface area contributed by atoms with Gasteiger partial charge in [-0.3, -0.25) is 14.7 Å². The Bertz CT molecular complexity index is 1030. The highest BCUT2D eigenvalue weighted by molar-refractivity contribution is 5.96. The number of likely N-dealkylation sites (tertiary alicyclic amines) is 1. The average Bonchev–Trinajstić information content (AvgIpc) is 3.48. The minimum Gasteiger partial charge on any atom is -0.377 e. The van der Waals surface area contributed by atoms with Gasteiger partial charge in [0.05, 0.1) is 18.8 Å². The second-order valence-corrected chi connectivity index (χ2v) is 7.15. The zero-order valence-electron chi connectivity index (χ0n) is 15.1. The van der Waals surface area contributed by atoms with Crippen molar-refractivity contribution in [3.63, 3.8) is 0 Å². The van der Waals surface area contributed by atoms with Gasteiger partial charge < -0.3 is 18.9 Å². The lowest BCUT2D eigenvalue weighted by molar-refractivity contribution is -0.0475. The molecular weight excluding hydrogens is 362 g/mol. The topological polar surface area (TPSA) is 109 Å². The van der Waals surface area contributed by atoms with Gasteiger partial charge in [-0.1, -0.05) is 0 Å². The number of morpholine rings is 1. The van der Waals surface area contributed by atoms with Gasteiger partial charge in [0.25, 0.3) is 11.8 Å². The number of carbonyl (C=O) groups excluding carboxylic acids is 2. The summed E-state index contributed by atoms with van der Waals surface area (Å²) >= 11 is 0. The van der Waals surface area contributed by atoms with Gasteiger partial charge in [0.15, 0.2) is 0 Å². The van der Waals surface area contributed by atoms with Crippen LogP contribution in [-0.2, 0) is 4.74 Å². The first-order valence-electron chi connectivity index (χ1n) is 9.13. The van der Waals surface area contributed by atoms with E-state index >= 15 is 0 Å². The zero-order chi connectivity index (χ0) is 19.1. The summed E-state index contributed by atoms with van der Waals surface area (Å²) in [6.45, 7) is 2.32. The molecule has 10 nitrogen and oxygen atoms in total. The van der Waals surface area contributed by atoms with Gasteiger partial charge in [0.1, 0.15) is 12.0 Å². The molecule has 3 aromatic rings. The maximum atomic E-state index is 13.3. The third-order valence-corrected chi connectivity index (χ3v) is 5.53. The van der Waals surface area contributed by atoms with E-state index in [-0.39, 0.29) is 17.6 Å². The molecule has 3 aromatic heterocycles. The largest absolute Gasteiger partial charge is 0.377 e. The van der Waals surface area contributed by atoms with Crippen molar-refractivity contribution in [2.75, 3.05) is 32.8 Å². The predicted molar refractivity (Wildman–Crippen MR) is 96.7 cm³/mol. The molecule has 10 heteroatoms. The van der Waals surface area contributed by atoms with Crippen LogP contribution in [0.4, 0.5) is 0 Å². The number of ether oxygens (including phenoxy) is 1. The number of hydrogen-bond acceptors (Lipinski definition) is 6. The minimum absolute atomic E-state index is 0.0669. The predicted octanol–water partition coefficient (Wildman–Crippen LogP) is 0.210. The number of H-pyrrole nitrogens is 1. The molecule has 0 aliphatic carbocycles. The van der Waals surface area contributed by atoms with Crippen LogP contribution in [0.1, 0.15) is 27.4 Å². The molecule has 0 radical (unpaired) electrons. The van der Waals surface area contributed by atoms with E-state index in [2.05, 4.69) is 20.2 Å². The number of fused-ring (bicyclic) bond motifs is 1. The average molecular weight is 381 g/mol. The van der Waals surface area contributed by atoms with E-state index in [9.17, 15) is 9.59 Å². The number of amides is 2. The fourth-order valence-electron chi connectivity index (χ4n) is 4.08. The van der Waals surface area contributed by atoms with Gasteiger partial charge in [0, 0.05) is 43.8 Å². The summed E-state index contributed by atoms with van der Waals surface area (Å²) in [7, 11) is 0. The summed E-state index contributed by atoms with van der Waals surface area (Å²) in [6, 6.07) is 3.59. The molecule has 2 fully saturated rings. The number of nitrogens with zero attached hydrogens (tertiary/aromatic N) is 6. The lowest BCUT2D eigenvalue weighted by Gasteiger charge is -2.44. The molecule has 0 unspecified atom stereocenters. The maximum Gasteiger partial charge on any atom is 0.291 e. The van der Waals surface area contributed by atoms with Gasteiger partial charge >= 0.3 is 0 Å². The molecule has 28 heavy (non-hydrogen) atoms. The molecule has 2 saturated heterocycles. The highest BCUT2D eigenvalue weighted by Gasteiger charge is 2.49. The van der Waals surface area contributed by atoms with Gasteiger partial charge in [-0.15, -0.1) is 0 Å². The van der Waals surface area contributed by atoms with Gasteiger partial charge in [-0.25, -0.2) is 9.97 Å². The minimum atomic E-state index is -0.535. The number of carbonyl (C=O) groups is 2. The number of nitrogens with one attached hydrogen (secondary N) is 1. The lowest BCUT2D eigenvalue weighted by atomic mass is 9.94. The van der Waals surface area contributed by atoms with Gasteiger partial charge in [-0.2, -0.15) is 5.10 Å². The normalized spacial score (nSPS) is 22.3. The molecule has 1 atom stereocenters. The van der Waals surface area contributed by atoms with E-state index in [0.29, 0.717) is 44.8 Å². The molecule has 1 N–H and O–H groups in total. The highest BCUT2D eigenvalue weighted by Crippen LogP contribution is 2.33. The number of rotatable bonds is 2. The van der Waals surface area contributed by atoms with Crippen molar-refractivity contribution in [3.8, 4) is 0 Å². The first-order chi connectivity index (χ1) is 13.7. The summed E-state index contributed by atoms with van der Waals surface area (Å²) < 4.78 is 7.58. The summed E-state index contributed by atoms with van der Waals surface area (Å²) in [5.74, 6) is -0.0784. The van der Waals surface area contributed by atoms with Crippen LogP contribution in [0.2, 0.25) is 0 Å². The molecule has 0 aromatic carbocycles. The molecule has 5 rings (SSSR count). The number of aromatic nitrogens is 5. The van der Waals surface area contributed by atoms with Gasteiger partial charge in [0.2, 0.25) is 5.82 Å². The van der Waals surface area contributed by atoms with E-state index in [1.807, 2.05) is 21.7 Å². The summed E-state index contributed by atoms with van der Waals surface area (Å²) in [4.78, 5) is 37.7. The second-order valence-electron chi connectivity index (χ2n) is 7.15.